The third-order valence-corrected chi connectivity index (χ3v) is 4.61. The van der Waals surface area contributed by atoms with Gasteiger partial charge in [0.15, 0.2) is 0 Å². The van der Waals surface area contributed by atoms with Crippen LogP contribution in [0.4, 0.5) is 0 Å². The van der Waals surface area contributed by atoms with Crippen molar-refractivity contribution in [1.29, 1.82) is 0 Å². The van der Waals surface area contributed by atoms with E-state index in [1.54, 1.807) is 67.6 Å². The number of hydrogen-bond donors (Lipinski definition) is 0. The standard InChI is InChI=1S/C27H24O8/c1-17(2)25(28)33-15-31-22-9-5-19(6-10-22)27(30)35-24-12-8-20-13-23(11-7-21(20)14-24)32-16-34-26(29)18(3)4/h5-14H,1,3,15-16H2,2,4H3. The Morgan fingerprint density at radius 1 is 0.657 bits per heavy atom. The fraction of sp³-hybridized carbons (Fsp3) is 0.148. The Bertz CT molecular complexity index is 1270. The van der Waals surface area contributed by atoms with Crippen molar-refractivity contribution in [3.8, 4) is 17.2 Å². The van der Waals surface area contributed by atoms with E-state index in [9.17, 15) is 14.4 Å². The van der Waals surface area contributed by atoms with Crippen LogP contribution in [0.1, 0.15) is 24.2 Å². The molecule has 8 heteroatoms. The van der Waals surface area contributed by atoms with Crippen LogP contribution >= 0.6 is 0 Å². The molecule has 35 heavy (non-hydrogen) atoms. The van der Waals surface area contributed by atoms with Gasteiger partial charge in [0.25, 0.3) is 0 Å². The number of carbonyl (C=O) groups excluding carboxylic acids is 3. The summed E-state index contributed by atoms with van der Waals surface area (Å²) in [7, 11) is 0. The number of benzene rings is 3. The number of carbonyl (C=O) groups is 3. The lowest BCUT2D eigenvalue weighted by atomic mass is 10.1. The first kappa shape index (κ1) is 25.0. The van der Waals surface area contributed by atoms with E-state index >= 15 is 0 Å². The summed E-state index contributed by atoms with van der Waals surface area (Å²) in [4.78, 5) is 35.3. The van der Waals surface area contributed by atoms with Gasteiger partial charge in [0.2, 0.25) is 13.6 Å². The third kappa shape index (κ3) is 7.20. The number of hydrogen-bond acceptors (Lipinski definition) is 8. The van der Waals surface area contributed by atoms with Gasteiger partial charge < -0.3 is 23.7 Å². The zero-order valence-corrected chi connectivity index (χ0v) is 19.4. The molecular formula is C27H24O8. The molecule has 0 atom stereocenters. The van der Waals surface area contributed by atoms with Crippen LogP contribution in [0.2, 0.25) is 0 Å². The molecule has 3 rings (SSSR count). The Hall–Kier alpha value is -4.59. The highest BCUT2D eigenvalue weighted by atomic mass is 16.7. The van der Waals surface area contributed by atoms with Gasteiger partial charge in [-0.2, -0.15) is 0 Å². The zero-order chi connectivity index (χ0) is 25.4. The molecule has 0 N–H and O–H groups in total. The average molecular weight is 476 g/mol. The van der Waals surface area contributed by atoms with Crippen LogP contribution in [0.25, 0.3) is 10.8 Å². The summed E-state index contributed by atoms with van der Waals surface area (Å²) < 4.78 is 26.0. The van der Waals surface area contributed by atoms with Gasteiger partial charge in [-0.15, -0.1) is 0 Å². The van der Waals surface area contributed by atoms with Crippen molar-refractivity contribution in [2.45, 2.75) is 13.8 Å². The first-order chi connectivity index (χ1) is 16.7. The van der Waals surface area contributed by atoms with Gasteiger partial charge in [0.05, 0.1) is 5.56 Å². The van der Waals surface area contributed by atoms with E-state index in [1.165, 1.54) is 6.92 Å². The van der Waals surface area contributed by atoms with Gasteiger partial charge in [-0.3, -0.25) is 0 Å². The molecule has 0 amide bonds. The van der Waals surface area contributed by atoms with Crippen molar-refractivity contribution < 1.29 is 38.1 Å². The summed E-state index contributed by atoms with van der Waals surface area (Å²) >= 11 is 0. The lowest BCUT2D eigenvalue weighted by molar-refractivity contribution is -0.146. The molecule has 0 heterocycles. The first-order valence-electron chi connectivity index (χ1n) is 10.5. The quantitative estimate of drug-likeness (QED) is 0.175. The minimum absolute atomic E-state index is 0.226. The van der Waals surface area contributed by atoms with E-state index < -0.39 is 17.9 Å². The summed E-state index contributed by atoms with van der Waals surface area (Å²) in [6, 6.07) is 16.7. The van der Waals surface area contributed by atoms with E-state index in [2.05, 4.69) is 13.2 Å². The average Bonchev–Trinajstić information content (AvgIpc) is 2.84. The van der Waals surface area contributed by atoms with E-state index in [-0.39, 0.29) is 19.2 Å². The maximum Gasteiger partial charge on any atom is 0.343 e. The zero-order valence-electron chi connectivity index (χ0n) is 19.4. The van der Waals surface area contributed by atoms with Crippen LogP contribution in [-0.4, -0.2) is 31.5 Å². The number of esters is 3. The van der Waals surface area contributed by atoms with Crippen LogP contribution in [0.5, 0.6) is 17.2 Å². The Morgan fingerprint density at radius 3 is 1.66 bits per heavy atom. The van der Waals surface area contributed by atoms with Gasteiger partial charge in [0.1, 0.15) is 17.2 Å². The van der Waals surface area contributed by atoms with E-state index in [1.807, 2.05) is 0 Å². The van der Waals surface area contributed by atoms with Crippen molar-refractivity contribution in [3.05, 3.63) is 90.5 Å². The maximum absolute atomic E-state index is 12.5. The molecule has 3 aromatic rings. The topological polar surface area (TPSA) is 97.4 Å². The first-order valence-corrected chi connectivity index (χ1v) is 10.5. The van der Waals surface area contributed by atoms with Crippen LogP contribution in [0, 0.1) is 0 Å². The van der Waals surface area contributed by atoms with Gasteiger partial charge in [-0.25, -0.2) is 14.4 Å². The largest absolute Gasteiger partial charge is 0.457 e. The van der Waals surface area contributed by atoms with E-state index in [0.29, 0.717) is 28.4 Å². The second kappa shape index (κ2) is 11.5. The predicted molar refractivity (Wildman–Crippen MR) is 128 cm³/mol. The molecule has 0 aliphatic heterocycles. The highest BCUT2D eigenvalue weighted by molar-refractivity contribution is 5.92. The second-order valence-corrected chi connectivity index (χ2v) is 7.53. The lowest BCUT2D eigenvalue weighted by Crippen LogP contribution is -2.11. The molecule has 0 aromatic heterocycles. The highest BCUT2D eigenvalue weighted by Crippen LogP contribution is 2.26. The summed E-state index contributed by atoms with van der Waals surface area (Å²) in [5.74, 6) is -0.290. The molecule has 3 aromatic carbocycles. The summed E-state index contributed by atoms with van der Waals surface area (Å²) in [5, 5.41) is 1.68. The van der Waals surface area contributed by atoms with Crippen LogP contribution in [0.15, 0.2) is 85.0 Å². The Kier molecular flexibility index (Phi) is 8.24. The SMILES string of the molecule is C=C(C)C(=O)OCOc1ccc(C(=O)Oc2ccc3cc(OCOC(=O)C(=C)C)ccc3c2)cc1. The van der Waals surface area contributed by atoms with E-state index in [4.69, 9.17) is 23.7 Å². The number of fused-ring (bicyclic) bond motifs is 1. The Balaban J connectivity index is 1.56. The van der Waals surface area contributed by atoms with Crippen LogP contribution in [0.3, 0.4) is 0 Å². The Labute approximate surface area is 202 Å². The van der Waals surface area contributed by atoms with Gasteiger partial charge >= 0.3 is 17.9 Å². The van der Waals surface area contributed by atoms with Crippen molar-refractivity contribution >= 4 is 28.7 Å². The van der Waals surface area contributed by atoms with Crippen LogP contribution < -0.4 is 14.2 Å². The molecule has 0 saturated carbocycles. The molecular weight excluding hydrogens is 452 g/mol. The monoisotopic (exact) mass is 476 g/mol. The minimum atomic E-state index is -0.548. The molecule has 0 fully saturated rings. The molecule has 8 nitrogen and oxygen atoms in total. The molecule has 0 aliphatic carbocycles. The lowest BCUT2D eigenvalue weighted by Gasteiger charge is -2.10. The number of ether oxygens (including phenoxy) is 5. The minimum Gasteiger partial charge on any atom is -0.457 e. The number of rotatable bonds is 10. The van der Waals surface area contributed by atoms with Gasteiger partial charge in [-0.05, 0) is 73.2 Å². The summed E-state index contributed by atoms with van der Waals surface area (Å²) in [6.07, 6.45) is 0. The van der Waals surface area contributed by atoms with Crippen molar-refractivity contribution in [2.75, 3.05) is 13.6 Å². The highest BCUT2D eigenvalue weighted by Gasteiger charge is 2.11. The van der Waals surface area contributed by atoms with Crippen LogP contribution in [-0.2, 0) is 19.1 Å². The van der Waals surface area contributed by atoms with E-state index in [0.717, 1.165) is 10.8 Å². The van der Waals surface area contributed by atoms with Gasteiger partial charge in [0, 0.05) is 11.1 Å². The fourth-order valence-electron chi connectivity index (χ4n) is 2.76. The summed E-state index contributed by atoms with van der Waals surface area (Å²) in [6.45, 7) is 9.59. The normalized spacial score (nSPS) is 10.2. The predicted octanol–water partition coefficient (Wildman–Crippen LogP) is 4.97. The summed E-state index contributed by atoms with van der Waals surface area (Å²) in [5.41, 5.74) is 0.889. The molecule has 0 unspecified atom stereocenters. The second-order valence-electron chi connectivity index (χ2n) is 7.53. The van der Waals surface area contributed by atoms with Crippen molar-refractivity contribution in [1.82, 2.24) is 0 Å². The molecule has 0 spiro atoms. The Morgan fingerprint density at radius 2 is 1.11 bits per heavy atom. The molecule has 0 aliphatic rings. The molecule has 0 bridgehead atoms. The smallest absolute Gasteiger partial charge is 0.343 e. The van der Waals surface area contributed by atoms with Crippen molar-refractivity contribution in [2.24, 2.45) is 0 Å². The molecule has 0 radical (unpaired) electrons. The third-order valence-electron chi connectivity index (χ3n) is 4.61. The van der Waals surface area contributed by atoms with Crippen molar-refractivity contribution in [3.63, 3.8) is 0 Å². The van der Waals surface area contributed by atoms with Gasteiger partial charge in [-0.1, -0.05) is 25.3 Å². The maximum atomic E-state index is 12.5. The fourth-order valence-corrected chi connectivity index (χ4v) is 2.76. The molecule has 180 valence electrons. The molecule has 0 saturated heterocycles.